The van der Waals surface area contributed by atoms with Gasteiger partial charge in [0.2, 0.25) is 0 Å². The number of nitrogen functional groups attached to an aromatic ring is 1. The second-order valence-corrected chi connectivity index (χ2v) is 8.26. The number of aromatic nitrogens is 2. The first-order valence-corrected chi connectivity index (χ1v) is 11.4. The summed E-state index contributed by atoms with van der Waals surface area (Å²) in [6, 6.07) is 19.2. The number of aliphatic hydroxyl groups is 2. The van der Waals surface area contributed by atoms with Gasteiger partial charge in [0.25, 0.3) is 0 Å². The molecule has 0 amide bonds. The zero-order valence-corrected chi connectivity index (χ0v) is 19.5. The van der Waals surface area contributed by atoms with E-state index < -0.39 is 48.1 Å². The average Bonchev–Trinajstić information content (AvgIpc) is 3.19. The number of hydrogen-bond acceptors (Lipinski definition) is 9. The zero-order chi connectivity index (χ0) is 26.4. The standard InChI is InChI=1S/C27H25N3O7/c28-20-15-16-30(27(35)29-20)26-23(34)22(33)25(37-26)24(19(31)13-11-17-7-3-1-4-8-17)36-21(32)14-12-18-9-5-2-6-10-18/h1-16,22-26,33-34H,(H2,28,29,35)/t22-,23+,24?,25-,26+/m0/s1. The molecule has 190 valence electrons. The van der Waals surface area contributed by atoms with Crippen molar-refractivity contribution in [2.45, 2.75) is 30.6 Å². The third-order valence-corrected chi connectivity index (χ3v) is 5.67. The average molecular weight is 504 g/mol. The number of ketones is 1. The second-order valence-electron chi connectivity index (χ2n) is 8.26. The first kappa shape index (κ1) is 25.7. The van der Waals surface area contributed by atoms with E-state index in [-0.39, 0.29) is 5.82 Å². The Morgan fingerprint density at radius 3 is 2.14 bits per heavy atom. The summed E-state index contributed by atoms with van der Waals surface area (Å²) in [5, 5.41) is 21.4. The lowest BCUT2D eigenvalue weighted by molar-refractivity contribution is -0.163. The molecule has 1 aliphatic heterocycles. The SMILES string of the molecule is Nc1ccn([C@@H]2O[C@H](C(OC(=O)C=Cc3ccccc3)C(=O)C=Cc3ccccc3)[C@@H](O)[C@H]2O)c(=O)n1. The molecule has 1 unspecified atom stereocenters. The van der Waals surface area contributed by atoms with Gasteiger partial charge in [-0.15, -0.1) is 0 Å². The lowest BCUT2D eigenvalue weighted by Crippen LogP contribution is -2.44. The molecule has 2 aromatic carbocycles. The molecule has 0 spiro atoms. The summed E-state index contributed by atoms with van der Waals surface area (Å²) in [4.78, 5) is 41.7. The van der Waals surface area contributed by atoms with E-state index in [4.69, 9.17) is 15.2 Å². The Labute approximate surface area is 211 Å². The molecule has 4 rings (SSSR count). The minimum absolute atomic E-state index is 0.0379. The fourth-order valence-electron chi connectivity index (χ4n) is 3.80. The Balaban J connectivity index is 1.60. The van der Waals surface area contributed by atoms with Crippen LogP contribution < -0.4 is 11.4 Å². The topological polar surface area (TPSA) is 154 Å². The van der Waals surface area contributed by atoms with Crippen molar-refractivity contribution in [1.82, 2.24) is 9.55 Å². The summed E-state index contributed by atoms with van der Waals surface area (Å²) in [6.45, 7) is 0. The van der Waals surface area contributed by atoms with Gasteiger partial charge < -0.3 is 25.4 Å². The summed E-state index contributed by atoms with van der Waals surface area (Å²) in [7, 11) is 0. The van der Waals surface area contributed by atoms with Crippen LogP contribution in [0.3, 0.4) is 0 Å². The van der Waals surface area contributed by atoms with Crippen molar-refractivity contribution in [3.8, 4) is 0 Å². The van der Waals surface area contributed by atoms with Gasteiger partial charge >= 0.3 is 11.7 Å². The number of esters is 1. The Kier molecular flexibility index (Phi) is 8.04. The number of benzene rings is 2. The Morgan fingerprint density at radius 2 is 1.54 bits per heavy atom. The molecule has 10 heteroatoms. The second kappa shape index (κ2) is 11.6. The van der Waals surface area contributed by atoms with Crippen molar-refractivity contribution in [3.05, 3.63) is 107 Å². The van der Waals surface area contributed by atoms with Crippen LogP contribution in [0.4, 0.5) is 5.82 Å². The van der Waals surface area contributed by atoms with E-state index in [1.807, 2.05) is 12.1 Å². The molecule has 1 aliphatic rings. The molecular weight excluding hydrogens is 478 g/mol. The predicted molar refractivity (Wildman–Crippen MR) is 135 cm³/mol. The van der Waals surface area contributed by atoms with E-state index >= 15 is 0 Å². The fraction of sp³-hybridized carbons (Fsp3) is 0.185. The van der Waals surface area contributed by atoms with Crippen molar-refractivity contribution < 1.29 is 29.3 Å². The monoisotopic (exact) mass is 503 g/mol. The number of rotatable bonds is 8. The molecule has 1 aromatic heterocycles. The number of aliphatic hydroxyl groups excluding tert-OH is 2. The normalized spacial score (nSPS) is 22.3. The van der Waals surface area contributed by atoms with E-state index in [0.717, 1.165) is 21.8 Å². The van der Waals surface area contributed by atoms with Gasteiger partial charge in [-0.3, -0.25) is 9.36 Å². The van der Waals surface area contributed by atoms with E-state index in [0.29, 0.717) is 0 Å². The van der Waals surface area contributed by atoms with Gasteiger partial charge in [0.15, 0.2) is 18.1 Å². The van der Waals surface area contributed by atoms with Crippen molar-refractivity contribution in [1.29, 1.82) is 0 Å². The molecule has 0 bridgehead atoms. The van der Waals surface area contributed by atoms with Crippen LogP contribution in [0, 0.1) is 0 Å². The molecule has 0 aliphatic carbocycles. The minimum Gasteiger partial charge on any atom is -0.448 e. The quantitative estimate of drug-likeness (QED) is 0.305. The molecule has 2 heterocycles. The van der Waals surface area contributed by atoms with Gasteiger partial charge in [-0.25, -0.2) is 9.59 Å². The van der Waals surface area contributed by atoms with Crippen LogP contribution >= 0.6 is 0 Å². The Morgan fingerprint density at radius 1 is 0.946 bits per heavy atom. The van der Waals surface area contributed by atoms with Crippen LogP contribution in [0.15, 0.2) is 89.9 Å². The first-order valence-electron chi connectivity index (χ1n) is 11.4. The molecule has 1 saturated heterocycles. The fourth-order valence-corrected chi connectivity index (χ4v) is 3.80. The van der Waals surface area contributed by atoms with E-state index in [9.17, 15) is 24.6 Å². The number of anilines is 1. The van der Waals surface area contributed by atoms with E-state index in [2.05, 4.69) is 4.98 Å². The highest BCUT2D eigenvalue weighted by Gasteiger charge is 2.50. The predicted octanol–water partition coefficient (Wildman–Crippen LogP) is 1.35. The van der Waals surface area contributed by atoms with Crippen LogP contribution in [-0.2, 0) is 19.1 Å². The summed E-state index contributed by atoms with van der Waals surface area (Å²) < 4.78 is 12.1. The summed E-state index contributed by atoms with van der Waals surface area (Å²) in [5.74, 6) is -1.59. The minimum atomic E-state index is -1.67. The molecule has 1 fully saturated rings. The number of nitrogens with zero attached hydrogens (tertiary/aromatic N) is 2. The lowest BCUT2D eigenvalue weighted by atomic mass is 10.0. The number of ether oxygens (including phenoxy) is 2. The van der Waals surface area contributed by atoms with Gasteiger partial charge in [-0.05, 0) is 29.3 Å². The van der Waals surface area contributed by atoms with E-state index in [1.54, 1.807) is 48.5 Å². The first-order chi connectivity index (χ1) is 17.8. The van der Waals surface area contributed by atoms with Crippen LogP contribution in [0.5, 0.6) is 0 Å². The smallest absolute Gasteiger partial charge is 0.351 e. The lowest BCUT2D eigenvalue weighted by Gasteiger charge is -2.23. The highest BCUT2D eigenvalue weighted by molar-refractivity contribution is 5.99. The van der Waals surface area contributed by atoms with Gasteiger partial charge in [0.05, 0.1) is 0 Å². The largest absolute Gasteiger partial charge is 0.448 e. The zero-order valence-electron chi connectivity index (χ0n) is 19.5. The Hall–Kier alpha value is -4.38. The van der Waals surface area contributed by atoms with E-state index in [1.165, 1.54) is 30.5 Å². The third-order valence-electron chi connectivity index (χ3n) is 5.67. The van der Waals surface area contributed by atoms with Crippen molar-refractivity contribution in [2.75, 3.05) is 5.73 Å². The molecule has 3 aromatic rings. The molecule has 0 saturated carbocycles. The highest BCUT2D eigenvalue weighted by Crippen LogP contribution is 2.32. The van der Waals surface area contributed by atoms with Crippen LogP contribution in [0.25, 0.3) is 12.2 Å². The van der Waals surface area contributed by atoms with Crippen LogP contribution in [-0.4, -0.2) is 55.9 Å². The number of hydrogen-bond donors (Lipinski definition) is 3. The maximum Gasteiger partial charge on any atom is 0.351 e. The molecule has 10 nitrogen and oxygen atoms in total. The van der Waals surface area contributed by atoms with Crippen molar-refractivity contribution >= 4 is 29.7 Å². The van der Waals surface area contributed by atoms with Gasteiger partial charge in [0, 0.05) is 12.3 Å². The highest BCUT2D eigenvalue weighted by atomic mass is 16.6. The van der Waals surface area contributed by atoms with Crippen molar-refractivity contribution in [2.24, 2.45) is 0 Å². The maximum absolute atomic E-state index is 13.2. The summed E-state index contributed by atoms with van der Waals surface area (Å²) in [6.07, 6.45) is -1.19. The molecule has 4 N–H and O–H groups in total. The third kappa shape index (κ3) is 6.25. The number of nitrogens with two attached hydrogens (primary N) is 1. The van der Waals surface area contributed by atoms with Crippen LogP contribution in [0.1, 0.15) is 17.4 Å². The number of carbonyl (C=O) groups is 2. The molecule has 37 heavy (non-hydrogen) atoms. The maximum atomic E-state index is 13.2. The molecular formula is C27H25N3O7. The Bertz CT molecular complexity index is 1360. The molecule has 5 atom stereocenters. The van der Waals surface area contributed by atoms with Crippen LogP contribution in [0.2, 0.25) is 0 Å². The van der Waals surface area contributed by atoms with Gasteiger partial charge in [0.1, 0.15) is 24.1 Å². The summed E-state index contributed by atoms with van der Waals surface area (Å²) >= 11 is 0. The van der Waals surface area contributed by atoms with Crippen molar-refractivity contribution in [3.63, 3.8) is 0 Å². The van der Waals surface area contributed by atoms with Gasteiger partial charge in [-0.2, -0.15) is 4.98 Å². The van der Waals surface area contributed by atoms with Gasteiger partial charge in [-0.1, -0.05) is 66.7 Å². The number of carbonyl (C=O) groups excluding carboxylic acids is 2. The molecule has 0 radical (unpaired) electrons. The summed E-state index contributed by atoms with van der Waals surface area (Å²) in [5.41, 5.74) is 6.14.